The summed E-state index contributed by atoms with van der Waals surface area (Å²) in [7, 11) is 0. The van der Waals surface area contributed by atoms with Gasteiger partial charge in [-0.2, -0.15) is 0 Å². The lowest BCUT2D eigenvalue weighted by atomic mass is 10.1. The van der Waals surface area contributed by atoms with E-state index in [4.69, 9.17) is 10.5 Å². The van der Waals surface area contributed by atoms with Gasteiger partial charge in [-0.05, 0) is 38.6 Å². The molecule has 0 aliphatic heterocycles. The molecule has 3 unspecified atom stereocenters. The smallest absolute Gasteiger partial charge is 0.0618 e. The van der Waals surface area contributed by atoms with Crippen LogP contribution in [-0.2, 0) is 4.74 Å². The van der Waals surface area contributed by atoms with Crippen LogP contribution in [-0.4, -0.2) is 18.8 Å². The second-order valence-corrected chi connectivity index (χ2v) is 3.82. The molecule has 0 bridgehead atoms. The summed E-state index contributed by atoms with van der Waals surface area (Å²) in [4.78, 5) is 0. The van der Waals surface area contributed by atoms with Crippen LogP contribution in [0.1, 0.15) is 39.5 Å². The Labute approximate surface area is 75.5 Å². The van der Waals surface area contributed by atoms with Gasteiger partial charge in [-0.3, -0.25) is 0 Å². The maximum absolute atomic E-state index is 5.88. The third-order valence-electron chi connectivity index (χ3n) is 2.87. The zero-order valence-electron chi connectivity index (χ0n) is 8.25. The van der Waals surface area contributed by atoms with Crippen molar-refractivity contribution in [1.82, 2.24) is 0 Å². The predicted octanol–water partition coefficient (Wildman–Crippen LogP) is 1.93. The van der Waals surface area contributed by atoms with Gasteiger partial charge in [0.15, 0.2) is 0 Å². The van der Waals surface area contributed by atoms with Crippen molar-refractivity contribution in [2.75, 3.05) is 6.54 Å². The molecular weight excluding hydrogens is 150 g/mol. The van der Waals surface area contributed by atoms with E-state index in [9.17, 15) is 0 Å². The molecule has 2 N–H and O–H groups in total. The van der Waals surface area contributed by atoms with Gasteiger partial charge in [0.2, 0.25) is 0 Å². The first-order valence-corrected chi connectivity index (χ1v) is 5.13. The van der Waals surface area contributed by atoms with Gasteiger partial charge >= 0.3 is 0 Å². The molecule has 0 amide bonds. The summed E-state index contributed by atoms with van der Waals surface area (Å²) in [5.41, 5.74) is 5.66. The van der Waals surface area contributed by atoms with Gasteiger partial charge < -0.3 is 10.5 Å². The van der Waals surface area contributed by atoms with E-state index in [1.165, 1.54) is 19.3 Å². The molecule has 1 aliphatic carbocycles. The number of hydrogen-bond donors (Lipinski definition) is 1. The fourth-order valence-corrected chi connectivity index (χ4v) is 1.85. The quantitative estimate of drug-likeness (QED) is 0.701. The molecule has 2 heteroatoms. The third kappa shape index (κ3) is 2.46. The normalized spacial score (nSPS) is 32.2. The van der Waals surface area contributed by atoms with Crippen molar-refractivity contribution >= 4 is 0 Å². The number of hydrogen-bond acceptors (Lipinski definition) is 2. The maximum Gasteiger partial charge on any atom is 0.0618 e. The summed E-state index contributed by atoms with van der Waals surface area (Å²) in [6.07, 6.45) is 5.73. The topological polar surface area (TPSA) is 35.2 Å². The Morgan fingerprint density at radius 2 is 2.25 bits per heavy atom. The lowest BCUT2D eigenvalue weighted by Crippen LogP contribution is -2.28. The molecule has 2 nitrogen and oxygen atoms in total. The highest BCUT2D eigenvalue weighted by Gasteiger charge is 2.27. The Kier molecular flexibility index (Phi) is 4.02. The van der Waals surface area contributed by atoms with Crippen LogP contribution in [0.15, 0.2) is 0 Å². The molecular formula is C10H21NO. The summed E-state index contributed by atoms with van der Waals surface area (Å²) in [6.45, 7) is 5.10. The molecule has 0 aromatic rings. The van der Waals surface area contributed by atoms with Crippen molar-refractivity contribution in [2.45, 2.75) is 51.7 Å². The molecule has 0 radical (unpaired) electrons. The van der Waals surface area contributed by atoms with Crippen molar-refractivity contribution in [2.24, 2.45) is 11.7 Å². The van der Waals surface area contributed by atoms with Crippen LogP contribution < -0.4 is 5.73 Å². The molecule has 1 aliphatic rings. The molecule has 0 spiro atoms. The lowest BCUT2D eigenvalue weighted by Gasteiger charge is -2.22. The van der Waals surface area contributed by atoms with Gasteiger partial charge in [-0.1, -0.05) is 13.3 Å². The summed E-state index contributed by atoms with van der Waals surface area (Å²) in [5, 5.41) is 0. The zero-order valence-corrected chi connectivity index (χ0v) is 8.25. The lowest BCUT2D eigenvalue weighted by molar-refractivity contribution is -0.0215. The molecule has 1 saturated carbocycles. The van der Waals surface area contributed by atoms with Crippen LogP contribution >= 0.6 is 0 Å². The predicted molar refractivity (Wildman–Crippen MR) is 51.0 cm³/mol. The first-order valence-electron chi connectivity index (χ1n) is 5.13. The van der Waals surface area contributed by atoms with E-state index in [2.05, 4.69) is 13.8 Å². The van der Waals surface area contributed by atoms with Crippen LogP contribution in [0.25, 0.3) is 0 Å². The molecule has 1 fully saturated rings. The highest BCUT2D eigenvalue weighted by Crippen LogP contribution is 2.28. The molecule has 12 heavy (non-hydrogen) atoms. The molecule has 0 aromatic heterocycles. The fourth-order valence-electron chi connectivity index (χ4n) is 1.85. The Bertz CT molecular complexity index is 127. The zero-order chi connectivity index (χ0) is 8.97. The number of rotatable bonds is 4. The molecule has 0 saturated heterocycles. The van der Waals surface area contributed by atoms with Crippen LogP contribution in [0.5, 0.6) is 0 Å². The van der Waals surface area contributed by atoms with Crippen LogP contribution in [0.4, 0.5) is 0 Å². The first-order chi connectivity index (χ1) is 5.77. The Morgan fingerprint density at radius 3 is 2.83 bits per heavy atom. The highest BCUT2D eigenvalue weighted by molar-refractivity contribution is 4.79. The van der Waals surface area contributed by atoms with Crippen molar-refractivity contribution in [3.8, 4) is 0 Å². The van der Waals surface area contributed by atoms with Crippen LogP contribution in [0, 0.1) is 5.92 Å². The monoisotopic (exact) mass is 171 g/mol. The summed E-state index contributed by atoms with van der Waals surface area (Å²) in [6, 6.07) is 0. The number of nitrogens with two attached hydrogens (primary N) is 1. The van der Waals surface area contributed by atoms with E-state index in [1.54, 1.807) is 0 Å². The molecule has 3 atom stereocenters. The highest BCUT2D eigenvalue weighted by atomic mass is 16.5. The fraction of sp³-hybridized carbons (Fsp3) is 1.00. The average molecular weight is 171 g/mol. The molecule has 0 heterocycles. The third-order valence-corrected chi connectivity index (χ3v) is 2.87. The number of ether oxygens (including phenoxy) is 1. The van der Waals surface area contributed by atoms with Crippen molar-refractivity contribution in [3.05, 3.63) is 0 Å². The largest absolute Gasteiger partial charge is 0.375 e. The maximum atomic E-state index is 5.88. The van der Waals surface area contributed by atoms with Crippen LogP contribution in [0.2, 0.25) is 0 Å². The SMILES string of the molecule is CCC(C)OC1CCCC1CN. The van der Waals surface area contributed by atoms with Gasteiger partial charge in [0.05, 0.1) is 12.2 Å². The Morgan fingerprint density at radius 1 is 1.50 bits per heavy atom. The molecule has 72 valence electrons. The minimum atomic E-state index is 0.405. The van der Waals surface area contributed by atoms with Gasteiger partial charge in [-0.25, -0.2) is 0 Å². The van der Waals surface area contributed by atoms with Crippen molar-refractivity contribution in [1.29, 1.82) is 0 Å². The van der Waals surface area contributed by atoms with Gasteiger partial charge in [-0.15, -0.1) is 0 Å². The second-order valence-electron chi connectivity index (χ2n) is 3.82. The second kappa shape index (κ2) is 4.83. The van der Waals surface area contributed by atoms with Gasteiger partial charge in [0.25, 0.3) is 0 Å². The average Bonchev–Trinajstić information content (AvgIpc) is 2.51. The van der Waals surface area contributed by atoms with E-state index in [-0.39, 0.29) is 0 Å². The molecule has 1 rings (SSSR count). The first kappa shape index (κ1) is 10.0. The van der Waals surface area contributed by atoms with E-state index >= 15 is 0 Å². The Balaban J connectivity index is 2.30. The van der Waals surface area contributed by atoms with Crippen LogP contribution in [0.3, 0.4) is 0 Å². The minimum Gasteiger partial charge on any atom is -0.375 e. The summed E-state index contributed by atoms with van der Waals surface area (Å²) < 4.78 is 5.88. The van der Waals surface area contributed by atoms with Gasteiger partial charge in [0.1, 0.15) is 0 Å². The Hall–Kier alpha value is -0.0800. The minimum absolute atomic E-state index is 0.405. The van der Waals surface area contributed by atoms with Crippen molar-refractivity contribution < 1.29 is 4.74 Å². The van der Waals surface area contributed by atoms with E-state index in [0.29, 0.717) is 18.1 Å². The molecule has 0 aromatic carbocycles. The summed E-state index contributed by atoms with van der Waals surface area (Å²) >= 11 is 0. The van der Waals surface area contributed by atoms with Crippen molar-refractivity contribution in [3.63, 3.8) is 0 Å². The van der Waals surface area contributed by atoms with E-state index in [1.807, 2.05) is 0 Å². The summed E-state index contributed by atoms with van der Waals surface area (Å²) in [5.74, 6) is 0.624. The van der Waals surface area contributed by atoms with Gasteiger partial charge in [0, 0.05) is 0 Å². The van der Waals surface area contributed by atoms with E-state index in [0.717, 1.165) is 13.0 Å². The standard InChI is InChI=1S/C10H21NO/c1-3-8(2)12-10-6-4-5-9(10)7-11/h8-10H,3-7,11H2,1-2H3. The van der Waals surface area contributed by atoms with E-state index < -0.39 is 0 Å².